The first-order valence-corrected chi connectivity index (χ1v) is 17.9. The molecule has 46 heavy (non-hydrogen) atoms. The minimum Gasteiger partial charge on any atom is -0.381 e. The Labute approximate surface area is 280 Å². The van der Waals surface area contributed by atoms with Crippen molar-refractivity contribution in [1.82, 2.24) is 14.3 Å². The van der Waals surface area contributed by atoms with E-state index in [0.717, 1.165) is 61.9 Å². The minimum atomic E-state index is 0. The highest BCUT2D eigenvalue weighted by atomic mass is 16.5. The first-order chi connectivity index (χ1) is 22.6. The van der Waals surface area contributed by atoms with Crippen LogP contribution in [0.25, 0.3) is 17.0 Å². The van der Waals surface area contributed by atoms with Gasteiger partial charge >= 0.3 is 0 Å². The maximum absolute atomic E-state index is 5.24. The average molecular weight is 628 g/mol. The lowest BCUT2D eigenvalue weighted by molar-refractivity contribution is 0.148. The number of aliphatic imine (C=N–C) groups is 1. The van der Waals surface area contributed by atoms with Gasteiger partial charge in [-0.1, -0.05) is 97.3 Å². The van der Waals surface area contributed by atoms with Crippen molar-refractivity contribution in [1.29, 1.82) is 0 Å². The predicted octanol–water partition coefficient (Wildman–Crippen LogP) is 11.3. The molecular formula is C40H61N5O. The van der Waals surface area contributed by atoms with Crippen molar-refractivity contribution in [3.8, 4) is 11.4 Å². The highest BCUT2D eigenvalue weighted by Crippen LogP contribution is 2.40. The number of ether oxygens (including phenoxy) is 1. The Morgan fingerprint density at radius 3 is 2.24 bits per heavy atom. The number of amidine groups is 1. The van der Waals surface area contributed by atoms with Crippen LogP contribution in [0.3, 0.4) is 0 Å². The van der Waals surface area contributed by atoms with Crippen molar-refractivity contribution in [2.24, 2.45) is 12.0 Å². The second kappa shape index (κ2) is 19.8. The molecule has 2 aliphatic carbocycles. The Morgan fingerprint density at radius 1 is 0.978 bits per heavy atom. The van der Waals surface area contributed by atoms with Gasteiger partial charge in [-0.15, -0.1) is 0 Å². The summed E-state index contributed by atoms with van der Waals surface area (Å²) in [4.78, 5) is 5.24. The molecule has 0 radical (unpaired) electrons. The fourth-order valence-corrected chi connectivity index (χ4v) is 5.97. The molecule has 252 valence electrons. The molecule has 3 aliphatic rings. The van der Waals surface area contributed by atoms with Crippen molar-refractivity contribution in [3.63, 3.8) is 0 Å². The lowest BCUT2D eigenvalue weighted by atomic mass is 9.95. The van der Waals surface area contributed by atoms with Crippen molar-refractivity contribution in [2.45, 2.75) is 112 Å². The van der Waals surface area contributed by atoms with Gasteiger partial charge in [0.1, 0.15) is 17.3 Å². The molecule has 1 N–H and O–H groups in total. The number of hydrogen-bond acceptors (Lipinski definition) is 3. The zero-order chi connectivity index (χ0) is 33.3. The van der Waals surface area contributed by atoms with Gasteiger partial charge in [0.2, 0.25) is 0 Å². The number of hydrogen-bond donors (Lipinski definition) is 1. The van der Waals surface area contributed by atoms with Crippen LogP contribution < -0.4 is 5.32 Å². The van der Waals surface area contributed by atoms with E-state index in [1.54, 1.807) is 0 Å². The molecule has 0 bridgehead atoms. The maximum Gasteiger partial charge on any atom is 0.138 e. The normalized spacial score (nSPS) is 16.0. The van der Waals surface area contributed by atoms with Crippen LogP contribution in [0.4, 0.5) is 11.5 Å². The summed E-state index contributed by atoms with van der Waals surface area (Å²) in [6, 6.07) is 11.6. The van der Waals surface area contributed by atoms with Gasteiger partial charge in [-0.05, 0) is 86.4 Å². The predicted molar refractivity (Wildman–Crippen MR) is 201 cm³/mol. The van der Waals surface area contributed by atoms with Crippen LogP contribution in [0.1, 0.15) is 118 Å². The summed E-state index contributed by atoms with van der Waals surface area (Å²) in [6.07, 6.45) is 23.3. The lowest BCUT2D eigenvalue weighted by Crippen LogP contribution is -2.15. The quantitative estimate of drug-likeness (QED) is 0.161. The molecule has 0 spiro atoms. The molecule has 6 rings (SSSR count). The Kier molecular flexibility index (Phi) is 15.8. The molecule has 2 aromatic heterocycles. The number of benzene rings is 1. The Bertz CT molecular complexity index is 1460. The average Bonchev–Trinajstić information content (AvgIpc) is 3.52. The van der Waals surface area contributed by atoms with Gasteiger partial charge in [0, 0.05) is 32.0 Å². The van der Waals surface area contributed by atoms with E-state index in [9.17, 15) is 0 Å². The Balaban J connectivity index is 0.000000555. The van der Waals surface area contributed by atoms with Crippen LogP contribution in [0.15, 0.2) is 71.9 Å². The molecule has 0 amide bonds. The summed E-state index contributed by atoms with van der Waals surface area (Å²) in [6.45, 7) is 16.3. The molecule has 0 saturated heterocycles. The minimum absolute atomic E-state index is 0. The summed E-state index contributed by atoms with van der Waals surface area (Å²) in [7, 11) is 1.99. The van der Waals surface area contributed by atoms with E-state index in [2.05, 4.69) is 91.4 Å². The highest BCUT2D eigenvalue weighted by Gasteiger charge is 2.25. The molecule has 1 saturated carbocycles. The molecule has 1 fully saturated rings. The molecule has 1 aliphatic heterocycles. The van der Waals surface area contributed by atoms with E-state index in [4.69, 9.17) is 14.8 Å². The number of nitrogens with one attached hydrogen (secondary N) is 1. The smallest absolute Gasteiger partial charge is 0.138 e. The van der Waals surface area contributed by atoms with Gasteiger partial charge in [-0.25, -0.2) is 4.99 Å². The van der Waals surface area contributed by atoms with Gasteiger partial charge in [0.15, 0.2) is 0 Å². The zero-order valence-electron chi connectivity index (χ0n) is 29.9. The first-order valence-electron chi connectivity index (χ1n) is 17.9. The monoisotopic (exact) mass is 627 g/mol. The Morgan fingerprint density at radius 2 is 1.67 bits per heavy atom. The first kappa shape index (κ1) is 36.8. The van der Waals surface area contributed by atoms with Crippen molar-refractivity contribution in [3.05, 3.63) is 83.6 Å². The number of aryl methyl sites for hydroxylation is 3. The van der Waals surface area contributed by atoms with Crippen LogP contribution >= 0.6 is 0 Å². The zero-order valence-corrected chi connectivity index (χ0v) is 29.9. The van der Waals surface area contributed by atoms with Gasteiger partial charge in [-0.2, -0.15) is 5.10 Å². The van der Waals surface area contributed by atoms with Crippen LogP contribution in [0.2, 0.25) is 0 Å². The second-order valence-corrected chi connectivity index (χ2v) is 11.5. The number of aromatic nitrogens is 3. The largest absolute Gasteiger partial charge is 0.381 e. The number of anilines is 1. The summed E-state index contributed by atoms with van der Waals surface area (Å²) in [5.74, 6) is 2.00. The third-order valence-corrected chi connectivity index (χ3v) is 8.35. The van der Waals surface area contributed by atoms with Gasteiger partial charge < -0.3 is 14.6 Å². The van der Waals surface area contributed by atoms with Crippen LogP contribution in [0, 0.1) is 0 Å². The van der Waals surface area contributed by atoms with E-state index in [1.165, 1.54) is 60.1 Å². The third kappa shape index (κ3) is 9.93. The molecular weight excluding hydrogens is 566 g/mol. The molecule has 3 heterocycles. The number of allylic oxidation sites excluding steroid dienone is 4. The van der Waals surface area contributed by atoms with Gasteiger partial charge in [0.05, 0.1) is 18.9 Å². The fourth-order valence-electron chi connectivity index (χ4n) is 5.97. The summed E-state index contributed by atoms with van der Waals surface area (Å²) >= 11 is 0. The molecule has 1 aromatic carbocycles. The van der Waals surface area contributed by atoms with E-state index in [0.29, 0.717) is 6.04 Å². The van der Waals surface area contributed by atoms with E-state index in [1.807, 2.05) is 45.6 Å². The molecule has 6 nitrogen and oxygen atoms in total. The Hall–Kier alpha value is -3.64. The summed E-state index contributed by atoms with van der Waals surface area (Å²) in [5, 5.41) is 8.39. The topological polar surface area (TPSA) is 56.4 Å². The molecule has 0 unspecified atom stereocenters. The summed E-state index contributed by atoms with van der Waals surface area (Å²) in [5.41, 5.74) is 8.48. The van der Waals surface area contributed by atoms with E-state index >= 15 is 0 Å². The van der Waals surface area contributed by atoms with Crippen molar-refractivity contribution in [2.75, 3.05) is 18.5 Å². The molecule has 3 aromatic rings. The molecule has 6 heteroatoms. The van der Waals surface area contributed by atoms with Crippen molar-refractivity contribution < 1.29 is 6.16 Å². The van der Waals surface area contributed by atoms with Crippen LogP contribution in [-0.4, -0.2) is 33.4 Å². The SMILES string of the molecule is C1=CCCOCC1.CC.CC.CCc1ccc(N/C(C)=N/c2c(CC)cc(-c3ccn(C)n3)n2C2CCCCC2)c(C2=CC=C2)c1.[HH]. The summed E-state index contributed by atoms with van der Waals surface area (Å²) < 4.78 is 9.51. The van der Waals surface area contributed by atoms with Gasteiger partial charge in [0.25, 0.3) is 0 Å². The third-order valence-electron chi connectivity index (χ3n) is 8.35. The number of rotatable bonds is 7. The van der Waals surface area contributed by atoms with Gasteiger partial charge in [-0.3, -0.25) is 4.68 Å². The fraction of sp³-hybridized carbons (Fsp3) is 0.500. The molecule has 0 atom stereocenters. The second-order valence-electron chi connectivity index (χ2n) is 11.5. The lowest BCUT2D eigenvalue weighted by Gasteiger charge is -2.26. The standard InChI is InChI=1S/C30H37N5.C6H10O.2C2H6.H2/c1-5-22-15-16-27(26(19-22)24-11-10-12-24)31-21(3)32-30-23(6-2)20-29(28-17-18-34(4)33-28)35(30)25-13-8-7-9-14-25;1-2-4-6-7-5-3-1;2*1-2;/h10-12,15-20,25H,5-9,13-14H2,1-4H3,(H,31,32);1-2H,3-6H2;2*1-2H3;1H. The number of nitrogens with zero attached hydrogens (tertiary/aromatic N) is 4. The van der Waals surface area contributed by atoms with E-state index in [-0.39, 0.29) is 1.43 Å². The maximum atomic E-state index is 5.24. The van der Waals surface area contributed by atoms with E-state index < -0.39 is 0 Å². The van der Waals surface area contributed by atoms with Crippen LogP contribution in [0.5, 0.6) is 0 Å². The highest BCUT2D eigenvalue weighted by molar-refractivity contribution is 5.99. The van der Waals surface area contributed by atoms with Crippen molar-refractivity contribution >= 4 is 22.9 Å². The van der Waals surface area contributed by atoms with Crippen LogP contribution in [-0.2, 0) is 24.6 Å².